The van der Waals surface area contributed by atoms with Crippen molar-refractivity contribution in [3.63, 3.8) is 0 Å². The zero-order chi connectivity index (χ0) is 23.5. The lowest BCUT2D eigenvalue weighted by Gasteiger charge is -2.08. The Labute approximate surface area is 203 Å². The summed E-state index contributed by atoms with van der Waals surface area (Å²) in [7, 11) is 0. The normalized spacial score (nSPS) is 10.9. The lowest BCUT2D eigenvalue weighted by molar-refractivity contribution is 0.102. The number of amides is 1. The van der Waals surface area contributed by atoms with Crippen LogP contribution in [0.25, 0.3) is 0 Å². The molecular weight excluding hydrogens is 513 g/mol. The van der Waals surface area contributed by atoms with E-state index in [1.165, 1.54) is 16.8 Å². The van der Waals surface area contributed by atoms with Crippen LogP contribution in [0.1, 0.15) is 27.4 Å². The number of benzene rings is 2. The summed E-state index contributed by atoms with van der Waals surface area (Å²) in [5.41, 5.74) is 2.98. The Morgan fingerprint density at radius 3 is 2.64 bits per heavy atom. The minimum absolute atomic E-state index is 0.170. The Bertz CT molecular complexity index is 1300. The molecule has 2 aromatic heterocycles. The number of ether oxygens (including phenoxy) is 1. The van der Waals surface area contributed by atoms with Gasteiger partial charge in [-0.3, -0.25) is 9.48 Å². The standard InChI is InChI=1S/C23H20BrClFN5O2/c1-14-22(15(2)31(28-14)12-16-3-6-18(26)11-20(16)25)27-23(32)21-9-10-30(29-21)13-33-19-7-4-17(24)5-8-19/h3-11H,12-13H2,1-2H3,(H,27,32). The second-order valence-electron chi connectivity index (χ2n) is 7.36. The number of carbonyl (C=O) groups is 1. The number of aryl methyl sites for hydroxylation is 1. The molecule has 0 fully saturated rings. The first kappa shape index (κ1) is 23.0. The van der Waals surface area contributed by atoms with Gasteiger partial charge in [-0.1, -0.05) is 33.6 Å². The molecule has 4 aromatic rings. The van der Waals surface area contributed by atoms with Crippen LogP contribution in [-0.4, -0.2) is 25.5 Å². The highest BCUT2D eigenvalue weighted by Crippen LogP contribution is 2.24. The molecular formula is C23H20BrClFN5O2. The van der Waals surface area contributed by atoms with Gasteiger partial charge >= 0.3 is 0 Å². The number of anilines is 1. The van der Waals surface area contributed by atoms with Gasteiger partial charge in [0.2, 0.25) is 0 Å². The molecule has 0 spiro atoms. The van der Waals surface area contributed by atoms with Crippen molar-refractivity contribution in [1.29, 1.82) is 0 Å². The summed E-state index contributed by atoms with van der Waals surface area (Å²) in [4.78, 5) is 12.8. The van der Waals surface area contributed by atoms with E-state index in [0.717, 1.165) is 15.7 Å². The van der Waals surface area contributed by atoms with Crippen molar-refractivity contribution in [2.45, 2.75) is 27.1 Å². The van der Waals surface area contributed by atoms with Crippen LogP contribution in [0.3, 0.4) is 0 Å². The van der Waals surface area contributed by atoms with Crippen LogP contribution in [0.2, 0.25) is 5.02 Å². The maximum Gasteiger partial charge on any atom is 0.276 e. The Morgan fingerprint density at radius 2 is 1.91 bits per heavy atom. The van der Waals surface area contributed by atoms with E-state index in [1.807, 2.05) is 31.2 Å². The fraction of sp³-hybridized carbons (Fsp3) is 0.174. The largest absolute Gasteiger partial charge is 0.471 e. The number of hydrogen-bond acceptors (Lipinski definition) is 4. The SMILES string of the molecule is Cc1nn(Cc2ccc(F)cc2Cl)c(C)c1NC(=O)c1ccn(COc2ccc(Br)cc2)n1. The molecule has 170 valence electrons. The van der Waals surface area contributed by atoms with E-state index >= 15 is 0 Å². The van der Waals surface area contributed by atoms with Crippen molar-refractivity contribution in [1.82, 2.24) is 19.6 Å². The topological polar surface area (TPSA) is 74.0 Å². The first-order valence-corrected chi connectivity index (χ1v) is 11.2. The second kappa shape index (κ2) is 9.76. The molecule has 0 aliphatic rings. The van der Waals surface area contributed by atoms with Gasteiger partial charge in [0.15, 0.2) is 12.4 Å². The lowest BCUT2D eigenvalue weighted by atomic mass is 10.2. The Balaban J connectivity index is 1.42. The number of nitrogens with one attached hydrogen (secondary N) is 1. The zero-order valence-electron chi connectivity index (χ0n) is 17.8. The number of aromatic nitrogens is 4. The van der Waals surface area contributed by atoms with Crippen LogP contribution >= 0.6 is 27.5 Å². The minimum atomic E-state index is -0.397. The number of rotatable bonds is 7. The van der Waals surface area contributed by atoms with E-state index in [1.54, 1.807) is 29.9 Å². The third kappa shape index (κ3) is 5.43. The van der Waals surface area contributed by atoms with Gasteiger partial charge in [0.25, 0.3) is 5.91 Å². The molecule has 1 amide bonds. The second-order valence-corrected chi connectivity index (χ2v) is 8.68. The predicted octanol–water partition coefficient (Wildman–Crippen LogP) is 5.59. The molecule has 0 radical (unpaired) electrons. The average molecular weight is 533 g/mol. The molecule has 0 aliphatic carbocycles. The van der Waals surface area contributed by atoms with Gasteiger partial charge in [-0.15, -0.1) is 0 Å². The van der Waals surface area contributed by atoms with E-state index in [4.69, 9.17) is 16.3 Å². The molecule has 0 saturated heterocycles. The summed E-state index contributed by atoms with van der Waals surface area (Å²) >= 11 is 9.52. The van der Waals surface area contributed by atoms with Gasteiger partial charge in [-0.05, 0) is 61.9 Å². The van der Waals surface area contributed by atoms with Crippen LogP contribution in [0.5, 0.6) is 5.75 Å². The van der Waals surface area contributed by atoms with E-state index in [0.29, 0.717) is 28.7 Å². The van der Waals surface area contributed by atoms with Crippen LogP contribution in [0, 0.1) is 19.7 Å². The summed E-state index contributed by atoms with van der Waals surface area (Å²) in [6.07, 6.45) is 1.67. The first-order valence-electron chi connectivity index (χ1n) is 10.0. The predicted molar refractivity (Wildman–Crippen MR) is 127 cm³/mol. The van der Waals surface area contributed by atoms with Crippen LogP contribution < -0.4 is 10.1 Å². The summed E-state index contributed by atoms with van der Waals surface area (Å²) in [5.74, 6) is -0.0608. The summed E-state index contributed by atoms with van der Waals surface area (Å²) in [6.45, 7) is 4.17. The maximum absolute atomic E-state index is 13.3. The van der Waals surface area contributed by atoms with E-state index in [2.05, 4.69) is 31.4 Å². The third-order valence-corrected chi connectivity index (χ3v) is 5.89. The number of carbonyl (C=O) groups excluding carboxylic acids is 1. The molecule has 1 N–H and O–H groups in total. The van der Waals surface area contributed by atoms with E-state index in [9.17, 15) is 9.18 Å². The highest BCUT2D eigenvalue weighted by Gasteiger charge is 2.18. The van der Waals surface area contributed by atoms with Gasteiger partial charge in [0.1, 0.15) is 11.6 Å². The van der Waals surface area contributed by atoms with Crippen molar-refractivity contribution in [2.75, 3.05) is 5.32 Å². The van der Waals surface area contributed by atoms with Gasteiger partial charge < -0.3 is 10.1 Å². The summed E-state index contributed by atoms with van der Waals surface area (Å²) < 4.78 is 23.2. The monoisotopic (exact) mass is 531 g/mol. The van der Waals surface area contributed by atoms with Crippen molar-refractivity contribution in [3.8, 4) is 5.75 Å². The van der Waals surface area contributed by atoms with Gasteiger partial charge in [0.05, 0.1) is 23.6 Å². The molecule has 0 atom stereocenters. The average Bonchev–Trinajstić information content (AvgIpc) is 3.36. The van der Waals surface area contributed by atoms with Gasteiger partial charge in [-0.25, -0.2) is 9.07 Å². The molecule has 0 unspecified atom stereocenters. The molecule has 2 aromatic carbocycles. The summed E-state index contributed by atoms with van der Waals surface area (Å²) in [5, 5.41) is 12.0. The first-order chi connectivity index (χ1) is 15.8. The van der Waals surface area contributed by atoms with Gasteiger partial charge in [-0.2, -0.15) is 10.2 Å². The molecule has 0 aliphatic heterocycles. The Kier molecular flexibility index (Phi) is 6.80. The minimum Gasteiger partial charge on any atom is -0.471 e. The maximum atomic E-state index is 13.3. The number of hydrogen-bond donors (Lipinski definition) is 1. The van der Waals surface area contributed by atoms with Crippen molar-refractivity contribution in [2.24, 2.45) is 0 Å². The smallest absolute Gasteiger partial charge is 0.276 e. The number of halogens is 3. The fourth-order valence-corrected chi connectivity index (χ4v) is 3.74. The van der Waals surface area contributed by atoms with Crippen LogP contribution in [0.15, 0.2) is 59.2 Å². The van der Waals surface area contributed by atoms with Crippen molar-refractivity contribution >= 4 is 39.1 Å². The Morgan fingerprint density at radius 1 is 1.15 bits per heavy atom. The van der Waals surface area contributed by atoms with E-state index in [-0.39, 0.29) is 18.3 Å². The van der Waals surface area contributed by atoms with Gasteiger partial charge in [0, 0.05) is 15.7 Å². The zero-order valence-corrected chi connectivity index (χ0v) is 20.2. The Hall–Kier alpha value is -3.17. The quantitative estimate of drug-likeness (QED) is 0.337. The summed E-state index contributed by atoms with van der Waals surface area (Å²) in [6, 6.07) is 13.3. The molecule has 4 rings (SSSR count). The fourth-order valence-electron chi connectivity index (χ4n) is 3.25. The highest BCUT2D eigenvalue weighted by atomic mass is 79.9. The van der Waals surface area contributed by atoms with Crippen LogP contribution in [-0.2, 0) is 13.3 Å². The number of nitrogens with zero attached hydrogens (tertiary/aromatic N) is 4. The molecule has 10 heteroatoms. The highest BCUT2D eigenvalue weighted by molar-refractivity contribution is 9.10. The van der Waals surface area contributed by atoms with E-state index < -0.39 is 5.82 Å². The van der Waals surface area contributed by atoms with Crippen molar-refractivity contribution in [3.05, 3.63) is 92.7 Å². The lowest BCUT2D eigenvalue weighted by Crippen LogP contribution is -2.15. The molecule has 7 nitrogen and oxygen atoms in total. The molecule has 2 heterocycles. The molecule has 0 saturated carbocycles. The van der Waals surface area contributed by atoms with Crippen molar-refractivity contribution < 1.29 is 13.9 Å². The molecule has 0 bridgehead atoms. The molecule has 33 heavy (non-hydrogen) atoms. The van der Waals surface area contributed by atoms with Crippen LogP contribution in [0.4, 0.5) is 10.1 Å². The third-order valence-electron chi connectivity index (χ3n) is 5.01.